The van der Waals surface area contributed by atoms with E-state index >= 15 is 0 Å². The first kappa shape index (κ1) is 17.6. The molecule has 4 aliphatic heterocycles. The standard InChI is InChI=1S/C18H27N5O.HI/c1-19-18(20-8-12-9-22-7-3-2-4-17(22)21-12)23-10-13-14(11-23)16-6-5-15(13)24-16;/h9,13-16H,2-8,10-11H2,1H3,(H,19,20);1H. The first-order valence-electron chi connectivity index (χ1n) is 9.48. The van der Waals surface area contributed by atoms with Gasteiger partial charge in [-0.1, -0.05) is 0 Å². The lowest BCUT2D eigenvalue weighted by molar-refractivity contribution is 0.0767. The number of ether oxygens (including phenoxy) is 1. The summed E-state index contributed by atoms with van der Waals surface area (Å²) in [5.41, 5.74) is 1.14. The van der Waals surface area contributed by atoms with Gasteiger partial charge in [-0.25, -0.2) is 4.98 Å². The van der Waals surface area contributed by atoms with Gasteiger partial charge in [-0.2, -0.15) is 0 Å². The molecule has 1 aromatic rings. The van der Waals surface area contributed by atoms with E-state index in [1.165, 1.54) is 31.5 Å². The highest BCUT2D eigenvalue weighted by atomic mass is 127. The van der Waals surface area contributed by atoms with Crippen molar-refractivity contribution in [2.75, 3.05) is 20.1 Å². The van der Waals surface area contributed by atoms with E-state index in [0.29, 0.717) is 24.0 Å². The smallest absolute Gasteiger partial charge is 0.193 e. The van der Waals surface area contributed by atoms with Gasteiger partial charge < -0.3 is 19.5 Å². The summed E-state index contributed by atoms with van der Waals surface area (Å²) in [4.78, 5) is 11.7. The Hall–Kier alpha value is -0.830. The van der Waals surface area contributed by atoms with E-state index in [1.807, 2.05) is 7.05 Å². The molecule has 0 spiro atoms. The van der Waals surface area contributed by atoms with Crippen LogP contribution in [0.4, 0.5) is 0 Å². The Bertz CT molecular complexity index is 618. The largest absolute Gasteiger partial charge is 0.374 e. The maximum atomic E-state index is 6.08. The van der Waals surface area contributed by atoms with E-state index in [4.69, 9.17) is 9.72 Å². The summed E-state index contributed by atoms with van der Waals surface area (Å²) >= 11 is 0. The molecule has 2 bridgehead atoms. The average molecular weight is 457 g/mol. The fourth-order valence-electron chi connectivity index (χ4n) is 5.19. The van der Waals surface area contributed by atoms with E-state index in [9.17, 15) is 0 Å². The number of aliphatic imine (C=N–C) groups is 1. The number of nitrogens with zero attached hydrogens (tertiary/aromatic N) is 4. The number of hydrogen-bond acceptors (Lipinski definition) is 3. The van der Waals surface area contributed by atoms with Gasteiger partial charge in [0.2, 0.25) is 0 Å². The third-order valence-electron chi connectivity index (χ3n) is 6.35. The van der Waals surface area contributed by atoms with E-state index in [0.717, 1.165) is 44.3 Å². The lowest BCUT2D eigenvalue weighted by Gasteiger charge is -2.23. The molecule has 7 heteroatoms. The lowest BCUT2D eigenvalue weighted by Crippen LogP contribution is -2.41. The Labute approximate surface area is 166 Å². The molecule has 0 aromatic carbocycles. The molecular formula is C18H28IN5O. The molecule has 138 valence electrons. The maximum absolute atomic E-state index is 6.08. The van der Waals surface area contributed by atoms with Crippen molar-refractivity contribution in [1.29, 1.82) is 0 Å². The second-order valence-electron chi connectivity index (χ2n) is 7.72. The predicted octanol–water partition coefficient (Wildman–Crippen LogP) is 2.02. The number of hydrogen-bond donors (Lipinski definition) is 1. The van der Waals surface area contributed by atoms with Gasteiger partial charge in [-0.3, -0.25) is 4.99 Å². The highest BCUT2D eigenvalue weighted by Crippen LogP contribution is 2.47. The summed E-state index contributed by atoms with van der Waals surface area (Å²) in [5, 5.41) is 3.54. The van der Waals surface area contributed by atoms with Crippen LogP contribution >= 0.6 is 24.0 Å². The van der Waals surface area contributed by atoms with Crippen molar-refractivity contribution >= 4 is 29.9 Å². The molecule has 1 N–H and O–H groups in total. The molecule has 0 saturated carbocycles. The van der Waals surface area contributed by atoms with E-state index in [2.05, 4.69) is 26.0 Å². The van der Waals surface area contributed by atoms with Gasteiger partial charge in [-0.05, 0) is 25.7 Å². The molecule has 0 amide bonds. The Balaban J connectivity index is 0.00000157. The fourth-order valence-corrected chi connectivity index (χ4v) is 5.19. The SMILES string of the molecule is CN=C(NCc1cn2c(n1)CCCC2)N1CC2C3CCC(O3)C2C1.I. The van der Waals surface area contributed by atoms with Crippen LogP contribution in [0, 0.1) is 11.8 Å². The van der Waals surface area contributed by atoms with Gasteiger partial charge in [-0.15, -0.1) is 24.0 Å². The summed E-state index contributed by atoms with van der Waals surface area (Å²) in [6.45, 7) is 4.06. The third kappa shape index (κ3) is 3.07. The highest BCUT2D eigenvalue weighted by molar-refractivity contribution is 14.0. The molecule has 5 heterocycles. The van der Waals surface area contributed by atoms with E-state index < -0.39 is 0 Å². The van der Waals surface area contributed by atoms with Crippen molar-refractivity contribution in [3.8, 4) is 0 Å². The molecule has 0 aliphatic carbocycles. The zero-order chi connectivity index (χ0) is 16.1. The van der Waals surface area contributed by atoms with Crippen LogP contribution in [-0.2, 0) is 24.2 Å². The Morgan fingerprint density at radius 2 is 2.04 bits per heavy atom. The summed E-state index contributed by atoms with van der Waals surface area (Å²) < 4.78 is 8.40. The summed E-state index contributed by atoms with van der Waals surface area (Å²) in [6, 6.07) is 0. The van der Waals surface area contributed by atoms with Crippen LogP contribution in [-0.4, -0.2) is 52.8 Å². The number of guanidine groups is 1. The Morgan fingerprint density at radius 1 is 1.28 bits per heavy atom. The zero-order valence-corrected chi connectivity index (χ0v) is 17.2. The molecule has 1 aromatic heterocycles. The molecule has 0 radical (unpaired) electrons. The fraction of sp³-hybridized carbons (Fsp3) is 0.778. The average Bonchev–Trinajstić information content (AvgIpc) is 3.35. The number of imidazole rings is 1. The van der Waals surface area contributed by atoms with Gasteiger partial charge in [0.1, 0.15) is 5.82 Å². The summed E-state index contributed by atoms with van der Waals surface area (Å²) in [6.07, 6.45) is 9.39. The minimum absolute atomic E-state index is 0. The molecule has 4 aliphatic rings. The minimum Gasteiger partial charge on any atom is -0.374 e. The third-order valence-corrected chi connectivity index (χ3v) is 6.35. The maximum Gasteiger partial charge on any atom is 0.193 e. The zero-order valence-electron chi connectivity index (χ0n) is 14.9. The number of aromatic nitrogens is 2. The number of aryl methyl sites for hydroxylation is 2. The van der Waals surface area contributed by atoms with Crippen molar-refractivity contribution in [2.24, 2.45) is 16.8 Å². The Kier molecular flexibility index (Phi) is 4.96. The monoisotopic (exact) mass is 457 g/mol. The van der Waals surface area contributed by atoms with E-state index in [-0.39, 0.29) is 24.0 Å². The topological polar surface area (TPSA) is 54.7 Å². The second-order valence-corrected chi connectivity index (χ2v) is 7.72. The van der Waals surface area contributed by atoms with Crippen molar-refractivity contribution in [3.63, 3.8) is 0 Å². The van der Waals surface area contributed by atoms with Crippen LogP contribution < -0.4 is 5.32 Å². The second kappa shape index (κ2) is 7.06. The van der Waals surface area contributed by atoms with Crippen LogP contribution in [0.15, 0.2) is 11.2 Å². The van der Waals surface area contributed by atoms with Crippen molar-refractivity contribution in [2.45, 2.75) is 57.4 Å². The molecule has 3 fully saturated rings. The lowest BCUT2D eigenvalue weighted by atomic mass is 9.82. The van der Waals surface area contributed by atoms with Gasteiger partial charge in [0.05, 0.1) is 24.4 Å². The number of nitrogens with one attached hydrogen (secondary N) is 1. The van der Waals surface area contributed by atoms with E-state index in [1.54, 1.807) is 0 Å². The predicted molar refractivity (Wildman–Crippen MR) is 107 cm³/mol. The molecule has 3 saturated heterocycles. The molecule has 25 heavy (non-hydrogen) atoms. The quantitative estimate of drug-likeness (QED) is 0.420. The highest BCUT2D eigenvalue weighted by Gasteiger charge is 2.53. The number of rotatable bonds is 2. The van der Waals surface area contributed by atoms with Crippen molar-refractivity contribution < 1.29 is 4.74 Å². The number of likely N-dealkylation sites (tertiary alicyclic amines) is 1. The first-order chi connectivity index (χ1) is 11.8. The minimum atomic E-state index is 0. The van der Waals surface area contributed by atoms with Gasteiger partial charge in [0.15, 0.2) is 5.96 Å². The van der Waals surface area contributed by atoms with Crippen LogP contribution in [0.3, 0.4) is 0 Å². The van der Waals surface area contributed by atoms with Crippen LogP contribution in [0.5, 0.6) is 0 Å². The van der Waals surface area contributed by atoms with Crippen LogP contribution in [0.25, 0.3) is 0 Å². The number of fused-ring (bicyclic) bond motifs is 6. The molecular weight excluding hydrogens is 429 g/mol. The van der Waals surface area contributed by atoms with Gasteiger partial charge in [0.25, 0.3) is 0 Å². The number of halogens is 1. The van der Waals surface area contributed by atoms with Crippen molar-refractivity contribution in [1.82, 2.24) is 19.8 Å². The molecule has 4 unspecified atom stereocenters. The molecule has 4 atom stereocenters. The van der Waals surface area contributed by atoms with Crippen LogP contribution in [0.2, 0.25) is 0 Å². The van der Waals surface area contributed by atoms with Crippen molar-refractivity contribution in [3.05, 3.63) is 17.7 Å². The summed E-state index contributed by atoms with van der Waals surface area (Å²) in [5.74, 6) is 3.69. The van der Waals surface area contributed by atoms with Crippen LogP contribution in [0.1, 0.15) is 37.2 Å². The molecule has 6 nitrogen and oxygen atoms in total. The molecule has 5 rings (SSSR count). The Morgan fingerprint density at radius 3 is 2.72 bits per heavy atom. The van der Waals surface area contributed by atoms with Gasteiger partial charge >= 0.3 is 0 Å². The van der Waals surface area contributed by atoms with Gasteiger partial charge in [0, 0.05) is 51.1 Å². The first-order valence-corrected chi connectivity index (χ1v) is 9.48. The summed E-state index contributed by atoms with van der Waals surface area (Å²) in [7, 11) is 1.89. The normalized spacial score (nSPS) is 33.2.